The van der Waals surface area contributed by atoms with Crippen LogP contribution in [-0.2, 0) is 4.79 Å². The third-order valence-corrected chi connectivity index (χ3v) is 1.75. The highest BCUT2D eigenvalue weighted by Crippen LogP contribution is 2.30. The first kappa shape index (κ1) is 13.6. The van der Waals surface area contributed by atoms with Gasteiger partial charge in [0, 0.05) is 0 Å². The van der Waals surface area contributed by atoms with E-state index in [-0.39, 0.29) is 0 Å². The third-order valence-electron chi connectivity index (χ3n) is 1.75. The van der Waals surface area contributed by atoms with Crippen LogP contribution in [0.2, 0.25) is 0 Å². The molecule has 1 rings (SSSR count). The van der Waals surface area contributed by atoms with Crippen LogP contribution in [0.5, 0.6) is 5.75 Å². The van der Waals surface area contributed by atoms with Gasteiger partial charge in [0.25, 0.3) is 0 Å². The topological polar surface area (TPSA) is 50.1 Å². The van der Waals surface area contributed by atoms with Gasteiger partial charge in [-0.2, -0.15) is 18.4 Å². The van der Waals surface area contributed by atoms with Crippen molar-refractivity contribution in [1.82, 2.24) is 0 Å². The van der Waals surface area contributed by atoms with Gasteiger partial charge in [-0.15, -0.1) is 0 Å². The first-order valence-electron chi connectivity index (χ1n) is 4.13. The van der Waals surface area contributed by atoms with E-state index in [0.717, 1.165) is 6.07 Å². The van der Waals surface area contributed by atoms with Crippen molar-refractivity contribution in [2.24, 2.45) is 0 Å². The summed E-state index contributed by atoms with van der Waals surface area (Å²) in [5.74, 6) is -13.8. The van der Waals surface area contributed by atoms with Crippen LogP contribution in [-0.4, -0.2) is 5.97 Å². The molecule has 0 spiro atoms. The molecule has 0 atom stereocenters. The van der Waals surface area contributed by atoms with Gasteiger partial charge >= 0.3 is 5.97 Å². The smallest absolute Gasteiger partial charge is 0.372 e. The molecule has 0 saturated carbocycles. The fourth-order valence-corrected chi connectivity index (χ4v) is 0.947. The molecule has 0 fully saturated rings. The normalized spacial score (nSPS) is 9.78. The number of esters is 1. The standard InChI is InChI=1S/C10H2F5NO2/c1-3(11)10(17)18-9-7(14)5(12)4(2-16)6(13)8(9)15/h1H2. The number of carbonyl (C=O) groups is 1. The molecule has 3 nitrogen and oxygen atoms in total. The Balaban J connectivity index is 3.44. The van der Waals surface area contributed by atoms with Crippen molar-refractivity contribution < 1.29 is 31.5 Å². The minimum atomic E-state index is -2.12. The fraction of sp³-hybridized carbons (Fsp3) is 0. The van der Waals surface area contributed by atoms with Crippen LogP contribution in [0.15, 0.2) is 12.4 Å². The molecule has 8 heteroatoms. The van der Waals surface area contributed by atoms with Crippen LogP contribution in [0.1, 0.15) is 5.56 Å². The quantitative estimate of drug-likeness (QED) is 0.271. The van der Waals surface area contributed by atoms with Gasteiger partial charge in [0.1, 0.15) is 11.6 Å². The predicted molar refractivity (Wildman–Crippen MR) is 46.9 cm³/mol. The summed E-state index contributed by atoms with van der Waals surface area (Å²) in [7, 11) is 0. The van der Waals surface area contributed by atoms with Crippen molar-refractivity contribution in [3.05, 3.63) is 41.2 Å². The lowest BCUT2D eigenvalue weighted by Crippen LogP contribution is -2.13. The Morgan fingerprint density at radius 1 is 1.11 bits per heavy atom. The van der Waals surface area contributed by atoms with E-state index >= 15 is 0 Å². The van der Waals surface area contributed by atoms with Gasteiger partial charge in [-0.3, -0.25) is 0 Å². The average molecular weight is 263 g/mol. The van der Waals surface area contributed by atoms with Crippen LogP contribution >= 0.6 is 0 Å². The van der Waals surface area contributed by atoms with Crippen molar-refractivity contribution in [2.75, 3.05) is 0 Å². The Morgan fingerprint density at radius 3 is 1.89 bits per heavy atom. The molecule has 0 bridgehead atoms. The van der Waals surface area contributed by atoms with Crippen LogP contribution in [0, 0.1) is 34.6 Å². The molecule has 18 heavy (non-hydrogen) atoms. The highest BCUT2D eigenvalue weighted by Gasteiger charge is 2.28. The minimum Gasteiger partial charge on any atom is -0.415 e. The van der Waals surface area contributed by atoms with Gasteiger partial charge in [-0.1, -0.05) is 6.58 Å². The zero-order valence-electron chi connectivity index (χ0n) is 8.36. The van der Waals surface area contributed by atoms with Crippen molar-refractivity contribution in [1.29, 1.82) is 5.26 Å². The van der Waals surface area contributed by atoms with Gasteiger partial charge in [-0.05, 0) is 0 Å². The summed E-state index contributed by atoms with van der Waals surface area (Å²) >= 11 is 0. The van der Waals surface area contributed by atoms with Gasteiger partial charge in [0.2, 0.25) is 23.2 Å². The van der Waals surface area contributed by atoms with E-state index in [1.807, 2.05) is 0 Å². The number of hydrogen-bond acceptors (Lipinski definition) is 3. The zero-order chi connectivity index (χ0) is 14.0. The Labute approximate surface area is 96.7 Å². The number of hydrogen-bond donors (Lipinski definition) is 0. The van der Waals surface area contributed by atoms with Gasteiger partial charge < -0.3 is 4.74 Å². The number of benzene rings is 1. The van der Waals surface area contributed by atoms with Crippen molar-refractivity contribution >= 4 is 5.97 Å². The molecule has 0 heterocycles. The molecule has 1 aromatic carbocycles. The van der Waals surface area contributed by atoms with E-state index in [4.69, 9.17) is 5.26 Å². The summed E-state index contributed by atoms with van der Waals surface area (Å²) in [6.07, 6.45) is 0. The van der Waals surface area contributed by atoms with E-state index < -0.39 is 46.4 Å². The first-order valence-corrected chi connectivity index (χ1v) is 4.13. The van der Waals surface area contributed by atoms with E-state index in [9.17, 15) is 26.7 Å². The molecular formula is C10H2F5NO2. The maximum atomic E-state index is 13.2. The van der Waals surface area contributed by atoms with E-state index in [2.05, 4.69) is 11.3 Å². The van der Waals surface area contributed by atoms with Crippen LogP contribution in [0.3, 0.4) is 0 Å². The van der Waals surface area contributed by atoms with Gasteiger partial charge in [0.05, 0.1) is 0 Å². The molecule has 0 radical (unpaired) electrons. The molecule has 1 aromatic rings. The Morgan fingerprint density at radius 2 is 1.56 bits per heavy atom. The second-order valence-corrected chi connectivity index (χ2v) is 2.87. The molecule has 0 aliphatic carbocycles. The SMILES string of the molecule is C=C(F)C(=O)Oc1c(F)c(F)c(C#N)c(F)c1F. The summed E-state index contributed by atoms with van der Waals surface area (Å²) in [5.41, 5.74) is -1.52. The molecule has 0 N–H and O–H groups in total. The molecule has 0 aliphatic heterocycles. The molecule has 0 aliphatic rings. The Kier molecular flexibility index (Phi) is 3.66. The summed E-state index contributed by atoms with van der Waals surface area (Å²) < 4.78 is 68.4. The maximum absolute atomic E-state index is 13.2. The monoisotopic (exact) mass is 263 g/mol. The van der Waals surface area contributed by atoms with Crippen molar-refractivity contribution in [3.63, 3.8) is 0 Å². The Hall–Kier alpha value is -2.43. The summed E-state index contributed by atoms with van der Waals surface area (Å²) in [4.78, 5) is 10.7. The molecule has 0 saturated heterocycles. The second kappa shape index (κ2) is 4.83. The average Bonchev–Trinajstić information content (AvgIpc) is 2.32. The number of nitrogens with zero attached hydrogens (tertiary/aromatic N) is 1. The van der Waals surface area contributed by atoms with Crippen LogP contribution in [0.4, 0.5) is 22.0 Å². The van der Waals surface area contributed by atoms with Gasteiger partial charge in [-0.25, -0.2) is 13.6 Å². The molecular weight excluding hydrogens is 261 g/mol. The van der Waals surface area contributed by atoms with E-state index in [1.165, 1.54) is 0 Å². The van der Waals surface area contributed by atoms with Crippen molar-refractivity contribution in [2.45, 2.75) is 0 Å². The van der Waals surface area contributed by atoms with E-state index in [1.54, 1.807) is 0 Å². The van der Waals surface area contributed by atoms with Crippen molar-refractivity contribution in [3.8, 4) is 11.8 Å². The third kappa shape index (κ3) is 2.15. The highest BCUT2D eigenvalue weighted by molar-refractivity contribution is 5.87. The lowest BCUT2D eigenvalue weighted by atomic mass is 10.2. The van der Waals surface area contributed by atoms with Crippen LogP contribution in [0.25, 0.3) is 0 Å². The van der Waals surface area contributed by atoms with Gasteiger partial charge in [0.15, 0.2) is 11.6 Å². The number of halogens is 5. The minimum absolute atomic E-state index is 0.886. The molecule has 0 amide bonds. The fourth-order valence-electron chi connectivity index (χ4n) is 0.947. The first-order chi connectivity index (χ1) is 8.31. The molecule has 94 valence electrons. The lowest BCUT2D eigenvalue weighted by molar-refractivity contribution is -0.132. The zero-order valence-corrected chi connectivity index (χ0v) is 8.36. The maximum Gasteiger partial charge on any atom is 0.372 e. The summed E-state index contributed by atoms with van der Waals surface area (Å²) in [5, 5.41) is 8.26. The predicted octanol–water partition coefficient (Wildman–Crippen LogP) is 2.50. The summed E-state index contributed by atoms with van der Waals surface area (Å²) in [6.45, 7) is 2.46. The Bertz CT molecular complexity index is 562. The number of ether oxygens (including phenoxy) is 1. The van der Waals surface area contributed by atoms with E-state index in [0.29, 0.717) is 0 Å². The lowest BCUT2D eigenvalue weighted by Gasteiger charge is -2.07. The highest BCUT2D eigenvalue weighted by atomic mass is 19.2. The molecule has 0 unspecified atom stereocenters. The summed E-state index contributed by atoms with van der Waals surface area (Å²) in [6, 6.07) is 0.886. The largest absolute Gasteiger partial charge is 0.415 e. The molecule has 0 aromatic heterocycles. The number of rotatable bonds is 2. The number of nitriles is 1. The second-order valence-electron chi connectivity index (χ2n) is 2.87. The van der Waals surface area contributed by atoms with Crippen LogP contribution < -0.4 is 4.74 Å². The number of carbonyl (C=O) groups excluding carboxylic acids is 1.